The van der Waals surface area contributed by atoms with Gasteiger partial charge in [0.05, 0.1) is 24.5 Å². The van der Waals surface area contributed by atoms with Crippen LogP contribution in [0.5, 0.6) is 0 Å². The lowest BCUT2D eigenvalue weighted by Gasteiger charge is -2.16. The summed E-state index contributed by atoms with van der Waals surface area (Å²) in [7, 11) is 0. The lowest BCUT2D eigenvalue weighted by molar-refractivity contribution is 0.117. The summed E-state index contributed by atoms with van der Waals surface area (Å²) < 4.78 is 22.0. The highest BCUT2D eigenvalue weighted by Gasteiger charge is 2.55. The van der Waals surface area contributed by atoms with Crippen molar-refractivity contribution in [1.29, 1.82) is 0 Å². The molecule has 0 N–H and O–H groups in total. The van der Waals surface area contributed by atoms with Gasteiger partial charge in [-0.15, -0.1) is 5.10 Å². The number of cyclic esters (lactones) is 1. The predicted molar refractivity (Wildman–Crippen MR) is 93.7 cm³/mol. The number of carbonyl (C=O) groups is 1. The van der Waals surface area contributed by atoms with E-state index in [9.17, 15) is 9.18 Å². The minimum absolute atomic E-state index is 0.106. The molecular formula is C18H17FN4O2S. The van der Waals surface area contributed by atoms with Gasteiger partial charge in [-0.25, -0.2) is 13.9 Å². The molecule has 4 heterocycles. The second-order valence-corrected chi connectivity index (χ2v) is 8.66. The van der Waals surface area contributed by atoms with E-state index >= 15 is 0 Å². The molecule has 8 heteroatoms. The Labute approximate surface area is 153 Å². The number of halogens is 1. The molecule has 3 aliphatic heterocycles. The van der Waals surface area contributed by atoms with Crippen LogP contribution in [0.25, 0.3) is 0 Å². The molecule has 6 nitrogen and oxygen atoms in total. The van der Waals surface area contributed by atoms with Crippen molar-refractivity contribution in [2.45, 2.75) is 31.0 Å². The zero-order valence-electron chi connectivity index (χ0n) is 13.9. The van der Waals surface area contributed by atoms with Gasteiger partial charge in [-0.2, -0.15) is 11.8 Å². The average Bonchev–Trinajstić information content (AvgIpc) is 3.17. The van der Waals surface area contributed by atoms with Gasteiger partial charge in [0.15, 0.2) is 0 Å². The molecular weight excluding hydrogens is 355 g/mol. The highest BCUT2D eigenvalue weighted by atomic mass is 32.2. The number of ether oxygens (including phenoxy) is 1. The molecule has 1 aromatic carbocycles. The van der Waals surface area contributed by atoms with E-state index in [0.29, 0.717) is 36.4 Å². The first-order chi connectivity index (χ1) is 12.7. The van der Waals surface area contributed by atoms with Gasteiger partial charge in [-0.3, -0.25) is 4.90 Å². The van der Waals surface area contributed by atoms with Crippen LogP contribution >= 0.6 is 11.8 Å². The van der Waals surface area contributed by atoms with Gasteiger partial charge in [0.2, 0.25) is 0 Å². The maximum absolute atomic E-state index is 14.8. The quantitative estimate of drug-likeness (QED) is 0.828. The zero-order chi connectivity index (χ0) is 17.4. The van der Waals surface area contributed by atoms with Crippen molar-refractivity contribution in [2.75, 3.05) is 16.4 Å². The molecule has 2 aromatic rings. The number of benzene rings is 1. The van der Waals surface area contributed by atoms with E-state index in [1.807, 2.05) is 17.8 Å². The smallest absolute Gasteiger partial charge is 0.415 e. The number of aromatic nitrogens is 3. The minimum Gasteiger partial charge on any atom is -0.442 e. The first-order valence-corrected chi connectivity index (χ1v) is 10.1. The first kappa shape index (κ1) is 15.0. The van der Waals surface area contributed by atoms with Gasteiger partial charge in [0, 0.05) is 6.20 Å². The molecule has 1 aliphatic carbocycles. The van der Waals surface area contributed by atoms with Crippen molar-refractivity contribution in [3.8, 4) is 0 Å². The van der Waals surface area contributed by atoms with Gasteiger partial charge >= 0.3 is 6.09 Å². The van der Waals surface area contributed by atoms with E-state index in [4.69, 9.17) is 4.74 Å². The van der Waals surface area contributed by atoms with Crippen LogP contribution in [0.3, 0.4) is 0 Å². The number of nitrogens with zero attached hydrogens (tertiary/aromatic N) is 4. The predicted octanol–water partition coefficient (Wildman–Crippen LogP) is 2.44. The van der Waals surface area contributed by atoms with E-state index in [0.717, 1.165) is 22.6 Å². The van der Waals surface area contributed by atoms with Crippen LogP contribution in [0.15, 0.2) is 24.5 Å². The summed E-state index contributed by atoms with van der Waals surface area (Å²) in [5, 5.41) is 7.75. The SMILES string of the molecule is O=C1O[C@@H](Cn2ccnn2)[C@@H]2Cc3cc(C4C5CSCC54)c(F)cc3N12. The Balaban J connectivity index is 1.31. The number of rotatable bonds is 3. The number of amides is 1. The molecule has 0 radical (unpaired) electrons. The molecule has 4 atom stereocenters. The van der Waals surface area contributed by atoms with Crippen molar-refractivity contribution in [3.05, 3.63) is 41.5 Å². The fourth-order valence-corrected chi connectivity index (χ4v) is 6.53. The molecule has 2 unspecified atom stereocenters. The second-order valence-electron chi connectivity index (χ2n) is 7.58. The summed E-state index contributed by atoms with van der Waals surface area (Å²) >= 11 is 1.97. The van der Waals surface area contributed by atoms with Crippen LogP contribution in [-0.2, 0) is 17.7 Å². The number of anilines is 1. The third kappa shape index (κ3) is 2.02. The van der Waals surface area contributed by atoms with Crippen LogP contribution in [-0.4, -0.2) is 44.7 Å². The Hall–Kier alpha value is -2.09. The molecule has 0 bridgehead atoms. The Morgan fingerprint density at radius 2 is 2.15 bits per heavy atom. The first-order valence-electron chi connectivity index (χ1n) is 8.94. The fraction of sp³-hybridized carbons (Fsp3) is 0.500. The maximum atomic E-state index is 14.8. The Morgan fingerprint density at radius 1 is 1.31 bits per heavy atom. The summed E-state index contributed by atoms with van der Waals surface area (Å²) in [5.74, 6) is 3.76. The molecule has 4 aliphatic rings. The third-order valence-electron chi connectivity index (χ3n) is 6.25. The highest BCUT2D eigenvalue weighted by molar-refractivity contribution is 7.99. The number of carbonyl (C=O) groups excluding carboxylic acids is 1. The Kier molecular flexibility index (Phi) is 3.01. The standard InChI is InChI=1S/C18H17FN4O2S/c19-13-5-14-9(3-10(13)17-11-7-26-8-12(11)17)4-15-16(25-18(24)23(14)15)6-22-2-1-20-21-22/h1-3,5,11-12,15-17H,4,6-8H2/t11?,12?,15-,16-,17?/m0/s1. The van der Waals surface area contributed by atoms with Crippen LogP contribution in [0.4, 0.5) is 14.9 Å². The monoisotopic (exact) mass is 372 g/mol. The van der Waals surface area contributed by atoms with E-state index in [-0.39, 0.29) is 18.0 Å². The number of fused-ring (bicyclic) bond motifs is 4. The molecule has 1 amide bonds. The normalized spacial score (nSPS) is 33.8. The van der Waals surface area contributed by atoms with Crippen LogP contribution in [0, 0.1) is 17.7 Å². The maximum Gasteiger partial charge on any atom is 0.415 e. The van der Waals surface area contributed by atoms with Gasteiger partial charge < -0.3 is 4.74 Å². The lowest BCUT2D eigenvalue weighted by atomic mass is 10.00. The number of hydrogen-bond donors (Lipinski definition) is 0. The molecule has 2 saturated heterocycles. The van der Waals surface area contributed by atoms with Crippen molar-refractivity contribution < 1.29 is 13.9 Å². The van der Waals surface area contributed by atoms with Gasteiger partial charge in [-0.1, -0.05) is 11.3 Å². The molecule has 26 heavy (non-hydrogen) atoms. The summed E-state index contributed by atoms with van der Waals surface area (Å²) in [6.07, 6.45) is 3.35. The average molecular weight is 372 g/mol. The molecule has 134 valence electrons. The van der Waals surface area contributed by atoms with Crippen molar-refractivity contribution in [1.82, 2.24) is 15.0 Å². The van der Waals surface area contributed by atoms with Crippen molar-refractivity contribution in [3.63, 3.8) is 0 Å². The largest absolute Gasteiger partial charge is 0.442 e. The van der Waals surface area contributed by atoms with E-state index in [1.54, 1.807) is 28.0 Å². The van der Waals surface area contributed by atoms with Gasteiger partial charge in [0.25, 0.3) is 0 Å². The Morgan fingerprint density at radius 3 is 2.92 bits per heavy atom. The second kappa shape index (κ2) is 5.22. The van der Waals surface area contributed by atoms with Gasteiger partial charge in [-0.05, 0) is 52.9 Å². The summed E-state index contributed by atoms with van der Waals surface area (Å²) in [6.45, 7) is 0.459. The van der Waals surface area contributed by atoms with E-state index < -0.39 is 6.09 Å². The molecule has 0 spiro atoms. The minimum atomic E-state index is -0.397. The molecule has 1 saturated carbocycles. The van der Waals surface area contributed by atoms with Crippen LogP contribution in [0.1, 0.15) is 17.0 Å². The van der Waals surface area contributed by atoms with Gasteiger partial charge in [0.1, 0.15) is 11.9 Å². The van der Waals surface area contributed by atoms with Crippen LogP contribution < -0.4 is 4.90 Å². The number of thioether (sulfide) groups is 1. The lowest BCUT2D eigenvalue weighted by Crippen LogP contribution is -2.35. The molecule has 1 aromatic heterocycles. The van der Waals surface area contributed by atoms with Crippen molar-refractivity contribution in [2.24, 2.45) is 11.8 Å². The van der Waals surface area contributed by atoms with Crippen molar-refractivity contribution >= 4 is 23.5 Å². The zero-order valence-corrected chi connectivity index (χ0v) is 14.7. The fourth-order valence-electron chi connectivity index (χ4n) is 4.94. The van der Waals surface area contributed by atoms with E-state index in [1.165, 1.54) is 0 Å². The summed E-state index contributed by atoms with van der Waals surface area (Å²) in [4.78, 5) is 14.0. The summed E-state index contributed by atoms with van der Waals surface area (Å²) in [5.41, 5.74) is 2.58. The summed E-state index contributed by atoms with van der Waals surface area (Å²) in [6, 6.07) is 3.45. The van der Waals surface area contributed by atoms with Crippen LogP contribution in [0.2, 0.25) is 0 Å². The molecule has 6 rings (SSSR count). The molecule has 3 fully saturated rings. The van der Waals surface area contributed by atoms with E-state index in [2.05, 4.69) is 10.3 Å². The number of hydrogen-bond acceptors (Lipinski definition) is 5. The Bertz CT molecular complexity index is 895. The topological polar surface area (TPSA) is 60.3 Å². The highest BCUT2D eigenvalue weighted by Crippen LogP contribution is 2.62. The third-order valence-corrected chi connectivity index (χ3v) is 7.49.